The van der Waals surface area contributed by atoms with Gasteiger partial charge in [0.2, 0.25) is 0 Å². The molecule has 1 saturated heterocycles. The largest absolute Gasteiger partial charge is 0.444 e. The molecule has 0 saturated carbocycles. The van der Waals surface area contributed by atoms with Gasteiger partial charge in [0.05, 0.1) is 28.3 Å². The Balaban J connectivity index is 1.60. The molecule has 2 heterocycles. The fourth-order valence-corrected chi connectivity index (χ4v) is 5.00. The number of imide groups is 1. The van der Waals surface area contributed by atoms with E-state index in [0.717, 1.165) is 10.5 Å². The van der Waals surface area contributed by atoms with Crippen molar-refractivity contribution in [2.75, 3.05) is 11.3 Å². The van der Waals surface area contributed by atoms with Crippen molar-refractivity contribution >= 4 is 50.5 Å². The summed E-state index contributed by atoms with van der Waals surface area (Å²) in [7, 11) is -3.92. The predicted octanol–water partition coefficient (Wildman–Crippen LogP) is 3.69. The first-order valence-corrected chi connectivity index (χ1v) is 14.2. The first kappa shape index (κ1) is 29.5. The average molecular weight is 583 g/mol. The molecule has 1 aliphatic heterocycles. The van der Waals surface area contributed by atoms with Crippen LogP contribution in [0, 0.1) is 6.92 Å². The van der Waals surface area contributed by atoms with Gasteiger partial charge in [-0.05, 0) is 52.0 Å². The minimum atomic E-state index is -3.92. The summed E-state index contributed by atoms with van der Waals surface area (Å²) < 4.78 is 34.1. The third-order valence-corrected chi connectivity index (χ3v) is 7.26. The van der Waals surface area contributed by atoms with E-state index in [-0.39, 0.29) is 30.0 Å². The summed E-state index contributed by atoms with van der Waals surface area (Å²) in [6.45, 7) is 5.96. The highest BCUT2D eigenvalue weighted by Crippen LogP contribution is 2.25. The van der Waals surface area contributed by atoms with Crippen LogP contribution in [-0.4, -0.2) is 59.4 Å². The second kappa shape index (κ2) is 11.5. The molecule has 0 aliphatic carbocycles. The van der Waals surface area contributed by atoms with Crippen molar-refractivity contribution in [3.63, 3.8) is 0 Å². The summed E-state index contributed by atoms with van der Waals surface area (Å²) >= 11 is 0. The lowest BCUT2D eigenvalue weighted by Crippen LogP contribution is -2.42. The van der Waals surface area contributed by atoms with Crippen LogP contribution in [0.4, 0.5) is 10.5 Å². The molecule has 1 aliphatic rings. The fraction of sp³-hybridized carbons (Fsp3) is 0.321. The molecule has 0 radical (unpaired) electrons. The summed E-state index contributed by atoms with van der Waals surface area (Å²) in [5, 5.41) is 1.03. The summed E-state index contributed by atoms with van der Waals surface area (Å²) in [6, 6.07) is 14.7. The molecule has 3 amide bonds. The van der Waals surface area contributed by atoms with Crippen LogP contribution in [0.3, 0.4) is 0 Å². The molecule has 0 spiro atoms. The Kier molecular flexibility index (Phi) is 8.29. The highest BCUT2D eigenvalue weighted by Gasteiger charge is 2.34. The lowest BCUT2D eigenvalue weighted by atomic mass is 10.1. The Morgan fingerprint density at radius 3 is 2.29 bits per heavy atom. The van der Waals surface area contributed by atoms with Crippen molar-refractivity contribution in [3.05, 3.63) is 65.9 Å². The van der Waals surface area contributed by atoms with Crippen molar-refractivity contribution in [3.8, 4) is 0 Å². The number of amides is 3. The number of nitrogens with one attached hydrogen (secondary N) is 1. The zero-order chi connectivity index (χ0) is 29.9. The van der Waals surface area contributed by atoms with Crippen LogP contribution < -0.4 is 4.72 Å². The van der Waals surface area contributed by atoms with E-state index < -0.39 is 46.0 Å². The quantitative estimate of drug-likeness (QED) is 0.392. The molecular weight excluding hydrogens is 552 g/mol. The molecule has 13 heteroatoms. The number of rotatable bonds is 8. The van der Waals surface area contributed by atoms with Crippen LogP contribution in [0.25, 0.3) is 10.9 Å². The van der Waals surface area contributed by atoms with Gasteiger partial charge in [0.15, 0.2) is 0 Å². The highest BCUT2D eigenvalue weighted by atomic mass is 32.2. The summed E-state index contributed by atoms with van der Waals surface area (Å²) in [6.07, 6.45) is -0.999. The van der Waals surface area contributed by atoms with Crippen LogP contribution in [0.1, 0.15) is 44.9 Å². The predicted molar refractivity (Wildman–Crippen MR) is 148 cm³/mol. The zero-order valence-electron chi connectivity index (χ0n) is 23.0. The molecule has 0 atom stereocenters. The van der Waals surface area contributed by atoms with E-state index in [4.69, 9.17) is 9.57 Å². The summed E-state index contributed by atoms with van der Waals surface area (Å²) in [4.78, 5) is 59.9. The third-order valence-electron chi connectivity index (χ3n) is 5.88. The number of carbonyl (C=O) groups is 4. The van der Waals surface area contributed by atoms with Gasteiger partial charge in [0, 0.05) is 18.2 Å². The van der Waals surface area contributed by atoms with E-state index in [1.165, 1.54) is 12.1 Å². The van der Waals surface area contributed by atoms with Gasteiger partial charge in [-0.3, -0.25) is 19.2 Å². The second-order valence-electron chi connectivity index (χ2n) is 10.5. The maximum Gasteiger partial charge on any atom is 0.411 e. The van der Waals surface area contributed by atoms with E-state index in [1.807, 2.05) is 6.92 Å². The topological polar surface area (TPSA) is 152 Å². The number of para-hydroxylation sites is 1. The number of ether oxygens (including phenoxy) is 1. The summed E-state index contributed by atoms with van der Waals surface area (Å²) in [5.41, 5.74) is 0.877. The number of carbonyl (C=O) groups excluding carboxylic acids is 4. The van der Waals surface area contributed by atoms with Gasteiger partial charge < -0.3 is 9.57 Å². The van der Waals surface area contributed by atoms with Gasteiger partial charge in [0.25, 0.3) is 21.8 Å². The Bertz CT molecular complexity index is 1600. The summed E-state index contributed by atoms with van der Waals surface area (Å²) in [5.74, 6) is -2.32. The molecule has 1 fully saturated rings. The number of sulfonamides is 1. The molecule has 4 rings (SSSR count). The molecule has 12 nitrogen and oxygen atoms in total. The van der Waals surface area contributed by atoms with E-state index in [2.05, 4.69) is 9.71 Å². The van der Waals surface area contributed by atoms with Gasteiger partial charge >= 0.3 is 12.1 Å². The van der Waals surface area contributed by atoms with Gasteiger partial charge in [-0.2, -0.15) is 0 Å². The molecule has 1 N–H and O–H groups in total. The minimum absolute atomic E-state index is 0.0705. The average Bonchev–Trinajstić information content (AvgIpc) is 3.20. The first-order chi connectivity index (χ1) is 19.2. The normalized spacial score (nSPS) is 13.8. The van der Waals surface area contributed by atoms with Crippen molar-refractivity contribution in [2.24, 2.45) is 0 Å². The Labute approximate surface area is 237 Å². The van der Waals surface area contributed by atoms with Crippen molar-refractivity contribution in [1.29, 1.82) is 0 Å². The molecule has 2 aromatic carbocycles. The monoisotopic (exact) mass is 582 g/mol. The lowest BCUT2D eigenvalue weighted by molar-refractivity contribution is -0.198. The molecule has 3 aromatic rings. The van der Waals surface area contributed by atoms with Gasteiger partial charge in [-0.25, -0.2) is 23.0 Å². The molecular formula is C28H30N4O8S. The van der Waals surface area contributed by atoms with E-state index in [9.17, 15) is 27.6 Å². The van der Waals surface area contributed by atoms with E-state index >= 15 is 0 Å². The van der Waals surface area contributed by atoms with Crippen molar-refractivity contribution in [2.45, 2.75) is 57.6 Å². The number of aromatic nitrogens is 1. The van der Waals surface area contributed by atoms with Crippen LogP contribution in [0.2, 0.25) is 0 Å². The van der Waals surface area contributed by atoms with Crippen LogP contribution in [0.15, 0.2) is 59.5 Å². The number of pyridine rings is 1. The Morgan fingerprint density at radius 1 is 1.00 bits per heavy atom. The molecule has 216 valence electrons. The maximum absolute atomic E-state index is 13.0. The molecule has 0 unspecified atom stereocenters. The third kappa shape index (κ3) is 7.37. The molecule has 1 aromatic heterocycles. The van der Waals surface area contributed by atoms with Crippen molar-refractivity contribution in [1.82, 2.24) is 14.9 Å². The van der Waals surface area contributed by atoms with Gasteiger partial charge in [0.1, 0.15) is 12.1 Å². The second-order valence-corrected chi connectivity index (χ2v) is 12.2. The number of fused-ring (bicyclic) bond motifs is 1. The molecule has 0 bridgehead atoms. The Morgan fingerprint density at radius 2 is 1.66 bits per heavy atom. The number of aryl methyl sites for hydroxylation is 1. The smallest absolute Gasteiger partial charge is 0.411 e. The van der Waals surface area contributed by atoms with Gasteiger partial charge in [-0.15, -0.1) is 5.06 Å². The number of nitrogens with zero attached hydrogens (tertiary/aromatic N) is 3. The van der Waals surface area contributed by atoms with Crippen LogP contribution >= 0.6 is 0 Å². The van der Waals surface area contributed by atoms with Crippen molar-refractivity contribution < 1.29 is 37.2 Å². The fourth-order valence-electron chi connectivity index (χ4n) is 3.93. The van der Waals surface area contributed by atoms with E-state index in [0.29, 0.717) is 21.7 Å². The number of hydrogen-bond donors (Lipinski definition) is 1. The Hall–Kier alpha value is -4.52. The minimum Gasteiger partial charge on any atom is -0.444 e. The lowest BCUT2D eigenvalue weighted by Gasteiger charge is -2.27. The van der Waals surface area contributed by atoms with Crippen LogP contribution in [0.5, 0.6) is 0 Å². The number of benzene rings is 2. The number of hydroxylamine groups is 2. The number of hydrogen-bond acceptors (Lipinski definition) is 9. The maximum atomic E-state index is 13.0. The van der Waals surface area contributed by atoms with Crippen LogP contribution in [-0.2, 0) is 40.5 Å². The van der Waals surface area contributed by atoms with Gasteiger partial charge in [-0.1, -0.05) is 35.9 Å². The first-order valence-electron chi connectivity index (χ1n) is 12.7. The SMILES string of the molecule is Cc1ccc(S(=O)(=O)Nc2cccc3ccc(CN(CC(=O)ON4C(=O)CCC4=O)C(=O)OC(C)(C)C)nc23)cc1. The highest BCUT2D eigenvalue weighted by molar-refractivity contribution is 7.92. The zero-order valence-corrected chi connectivity index (χ0v) is 23.9. The number of anilines is 1. The standard InChI is InChI=1S/C28H30N4O8S/c1-18-8-12-21(13-9-18)41(37,38)30-22-7-5-6-19-10-11-20(29-26(19)22)16-31(27(36)39-28(2,3)4)17-25(35)40-32-23(33)14-15-24(32)34/h5-13,30H,14-17H2,1-4H3. The van der Waals surface area contributed by atoms with E-state index in [1.54, 1.807) is 63.2 Å². The molecule has 41 heavy (non-hydrogen) atoms.